The molecule has 0 radical (unpaired) electrons. The Balaban J connectivity index is 2.26. The van der Waals surface area contributed by atoms with Gasteiger partial charge in [-0.3, -0.25) is 4.79 Å². The maximum Gasteiger partial charge on any atom is 0.309 e. The molecule has 0 bridgehead atoms. The lowest BCUT2D eigenvalue weighted by molar-refractivity contribution is -0.156. The Morgan fingerprint density at radius 2 is 2.04 bits per heavy atom. The molecular weight excluding hydrogens is 394 g/mol. The summed E-state index contributed by atoms with van der Waals surface area (Å²) in [5, 5.41) is 14.3. The molecule has 1 saturated carbocycles. The van der Waals surface area contributed by atoms with Gasteiger partial charge in [-0.15, -0.1) is 0 Å². The van der Waals surface area contributed by atoms with Gasteiger partial charge in [-0.2, -0.15) is 0 Å². The van der Waals surface area contributed by atoms with Crippen molar-refractivity contribution in [2.75, 3.05) is 7.11 Å². The summed E-state index contributed by atoms with van der Waals surface area (Å²) in [6, 6.07) is 4.42. The van der Waals surface area contributed by atoms with E-state index in [1.807, 2.05) is 6.92 Å². The fourth-order valence-electron chi connectivity index (χ4n) is 5.15. The van der Waals surface area contributed by atoms with E-state index in [1.54, 1.807) is 7.11 Å². The molecule has 0 aromatic heterocycles. The van der Waals surface area contributed by atoms with E-state index in [1.165, 1.54) is 11.1 Å². The number of aliphatic carboxylic acids is 1. The molecule has 142 valence electrons. The van der Waals surface area contributed by atoms with E-state index < -0.39 is 11.4 Å². The van der Waals surface area contributed by atoms with Crippen LogP contribution in [-0.2, 0) is 15.0 Å². The van der Waals surface area contributed by atoms with Crippen LogP contribution in [0.15, 0.2) is 21.8 Å². The number of hydrogen-bond acceptors (Lipinski definition) is 3. The van der Waals surface area contributed by atoms with Crippen molar-refractivity contribution in [2.24, 2.45) is 16.5 Å². The second kappa shape index (κ2) is 6.66. The predicted octanol–water partition coefficient (Wildman–Crippen LogP) is 5.48. The number of halogens is 1. The van der Waals surface area contributed by atoms with Crippen molar-refractivity contribution in [3.63, 3.8) is 0 Å². The van der Waals surface area contributed by atoms with Crippen LogP contribution < -0.4 is 0 Å². The minimum Gasteiger partial charge on any atom is -0.481 e. The van der Waals surface area contributed by atoms with Gasteiger partial charge in [0.25, 0.3) is 0 Å². The number of carboxylic acid groups (broad SMARTS) is 1. The molecule has 5 heteroatoms. The summed E-state index contributed by atoms with van der Waals surface area (Å²) in [5.41, 5.74) is 3.51. The second-order valence-electron chi connectivity index (χ2n) is 8.54. The van der Waals surface area contributed by atoms with E-state index in [0.29, 0.717) is 18.8 Å². The molecule has 2 aliphatic rings. The normalized spacial score (nSPS) is 32.3. The first-order chi connectivity index (χ1) is 12.1. The van der Waals surface area contributed by atoms with Crippen molar-refractivity contribution in [2.45, 2.75) is 64.7 Å². The molecule has 0 saturated heterocycles. The quantitative estimate of drug-likeness (QED) is 0.657. The number of oxime groups is 1. The van der Waals surface area contributed by atoms with Crippen LogP contribution in [0.5, 0.6) is 0 Å². The van der Waals surface area contributed by atoms with Crippen molar-refractivity contribution >= 4 is 27.6 Å². The van der Waals surface area contributed by atoms with Gasteiger partial charge < -0.3 is 9.94 Å². The summed E-state index contributed by atoms with van der Waals surface area (Å²) >= 11 is 3.75. The summed E-state index contributed by atoms with van der Waals surface area (Å²) < 4.78 is 1.09. The summed E-state index contributed by atoms with van der Waals surface area (Å²) in [6.07, 6.45) is 3.28. The minimum absolute atomic E-state index is 0.000509. The standard InChI is InChI=1S/C21H28BrNO3/c1-12(2)13-9-14-15(10-16(13)22)20(3)7-6-8-21(4,19(24)25)18(20)11-17(14)23-26-5/h9-10,12,18H,6-8,11H2,1-5H3,(H,24,25)/b23-17+/t18-,20-,21-/m1/s1. The highest BCUT2D eigenvalue weighted by Gasteiger charge is 2.56. The van der Waals surface area contributed by atoms with E-state index >= 15 is 0 Å². The van der Waals surface area contributed by atoms with Crippen LogP contribution in [0.2, 0.25) is 0 Å². The van der Waals surface area contributed by atoms with Gasteiger partial charge in [0.15, 0.2) is 0 Å². The Morgan fingerprint density at radius 1 is 1.35 bits per heavy atom. The number of benzene rings is 1. The van der Waals surface area contributed by atoms with Crippen LogP contribution in [0.25, 0.3) is 0 Å². The fraction of sp³-hybridized carbons (Fsp3) is 0.619. The third-order valence-corrected chi connectivity index (χ3v) is 7.39. The molecule has 1 aromatic rings. The zero-order valence-corrected chi connectivity index (χ0v) is 17.8. The van der Waals surface area contributed by atoms with Gasteiger partial charge in [-0.25, -0.2) is 0 Å². The lowest BCUT2D eigenvalue weighted by Gasteiger charge is -2.53. The van der Waals surface area contributed by atoms with Gasteiger partial charge in [0.05, 0.1) is 11.1 Å². The molecule has 0 aliphatic heterocycles. The molecule has 26 heavy (non-hydrogen) atoms. The van der Waals surface area contributed by atoms with E-state index in [2.05, 4.69) is 54.0 Å². The van der Waals surface area contributed by atoms with Crippen molar-refractivity contribution in [3.05, 3.63) is 33.3 Å². The molecule has 0 amide bonds. The lowest BCUT2D eigenvalue weighted by atomic mass is 9.49. The smallest absolute Gasteiger partial charge is 0.309 e. The maximum absolute atomic E-state index is 12.2. The van der Waals surface area contributed by atoms with Gasteiger partial charge >= 0.3 is 5.97 Å². The third kappa shape index (κ3) is 2.79. The topological polar surface area (TPSA) is 58.9 Å². The summed E-state index contributed by atoms with van der Waals surface area (Å²) in [6.45, 7) is 8.50. The SMILES string of the molecule is CO/N=C1\C[C@H]2[C@](C)(C(=O)O)CCC[C@]2(C)c2cc(Br)c(C(C)C)cc21. The Hall–Kier alpha value is -1.36. The average molecular weight is 422 g/mol. The Bertz CT molecular complexity index is 773. The Morgan fingerprint density at radius 3 is 2.62 bits per heavy atom. The van der Waals surface area contributed by atoms with Crippen molar-refractivity contribution < 1.29 is 14.7 Å². The van der Waals surface area contributed by atoms with E-state index in [4.69, 9.17) is 4.84 Å². The number of fused-ring (bicyclic) bond motifs is 3. The molecule has 1 fully saturated rings. The van der Waals surface area contributed by atoms with Crippen LogP contribution in [0, 0.1) is 11.3 Å². The van der Waals surface area contributed by atoms with Gasteiger partial charge in [-0.05, 0) is 66.7 Å². The molecule has 0 spiro atoms. The molecule has 3 rings (SSSR count). The number of hydrogen-bond donors (Lipinski definition) is 1. The molecule has 4 nitrogen and oxygen atoms in total. The van der Waals surface area contributed by atoms with Crippen molar-refractivity contribution in [1.29, 1.82) is 0 Å². The maximum atomic E-state index is 12.2. The number of nitrogens with zero attached hydrogens (tertiary/aromatic N) is 1. The van der Waals surface area contributed by atoms with Crippen molar-refractivity contribution in [1.82, 2.24) is 0 Å². The highest BCUT2D eigenvalue weighted by molar-refractivity contribution is 9.10. The molecule has 0 unspecified atom stereocenters. The Kier molecular flexibility index (Phi) is 4.97. The zero-order chi connectivity index (χ0) is 19.3. The van der Waals surface area contributed by atoms with E-state index in [-0.39, 0.29) is 11.3 Å². The van der Waals surface area contributed by atoms with E-state index in [0.717, 1.165) is 28.6 Å². The van der Waals surface area contributed by atoms with Crippen LogP contribution in [0.4, 0.5) is 0 Å². The van der Waals surface area contributed by atoms with Crippen LogP contribution >= 0.6 is 15.9 Å². The second-order valence-corrected chi connectivity index (χ2v) is 9.40. The molecule has 1 aromatic carbocycles. The third-order valence-electron chi connectivity index (χ3n) is 6.70. The van der Waals surface area contributed by atoms with Gasteiger partial charge in [0.2, 0.25) is 0 Å². The molecule has 0 heterocycles. The fourth-order valence-corrected chi connectivity index (χ4v) is 5.95. The van der Waals surface area contributed by atoms with E-state index in [9.17, 15) is 9.90 Å². The van der Waals surface area contributed by atoms with Crippen LogP contribution in [0.3, 0.4) is 0 Å². The molecule has 1 N–H and O–H groups in total. The van der Waals surface area contributed by atoms with Gasteiger partial charge in [-0.1, -0.05) is 48.3 Å². The summed E-state index contributed by atoms with van der Waals surface area (Å²) in [5.74, 6) is -0.314. The number of carboxylic acids is 1. The monoisotopic (exact) mass is 421 g/mol. The minimum atomic E-state index is -0.748. The highest BCUT2D eigenvalue weighted by atomic mass is 79.9. The molecule has 3 atom stereocenters. The first kappa shape index (κ1) is 19.4. The van der Waals surface area contributed by atoms with Crippen molar-refractivity contribution in [3.8, 4) is 0 Å². The Labute approximate surface area is 164 Å². The van der Waals surface area contributed by atoms with Crippen LogP contribution in [0.1, 0.15) is 76.0 Å². The predicted molar refractivity (Wildman–Crippen MR) is 107 cm³/mol. The zero-order valence-electron chi connectivity index (χ0n) is 16.2. The summed E-state index contributed by atoms with van der Waals surface area (Å²) in [7, 11) is 1.56. The highest BCUT2D eigenvalue weighted by Crippen LogP contribution is 2.58. The van der Waals surface area contributed by atoms with Gasteiger partial charge in [0, 0.05) is 10.0 Å². The lowest BCUT2D eigenvalue weighted by Crippen LogP contribution is -2.53. The van der Waals surface area contributed by atoms with Gasteiger partial charge in [0.1, 0.15) is 7.11 Å². The number of rotatable bonds is 3. The first-order valence-corrected chi connectivity index (χ1v) is 10.1. The summed E-state index contributed by atoms with van der Waals surface area (Å²) in [4.78, 5) is 17.3. The number of carbonyl (C=O) groups is 1. The largest absolute Gasteiger partial charge is 0.481 e. The molecular formula is C21H28BrNO3. The van der Waals surface area contributed by atoms with Crippen LogP contribution in [-0.4, -0.2) is 23.9 Å². The molecule has 2 aliphatic carbocycles. The first-order valence-electron chi connectivity index (χ1n) is 9.33. The average Bonchev–Trinajstić information content (AvgIpc) is 2.56.